The summed E-state index contributed by atoms with van der Waals surface area (Å²) in [6, 6.07) is 11.8. The molecule has 0 aromatic heterocycles. The van der Waals surface area contributed by atoms with E-state index in [0.29, 0.717) is 5.92 Å². The van der Waals surface area contributed by atoms with Crippen LogP contribution in [0.5, 0.6) is 0 Å². The first-order valence-corrected chi connectivity index (χ1v) is 13.7. The molecule has 0 nitrogen and oxygen atoms in total. The van der Waals surface area contributed by atoms with Crippen LogP contribution in [-0.2, 0) is 0 Å². The van der Waals surface area contributed by atoms with E-state index >= 15 is 0 Å². The molecule has 0 heterocycles. The van der Waals surface area contributed by atoms with Gasteiger partial charge in [-0.25, -0.2) is 0 Å². The van der Waals surface area contributed by atoms with Gasteiger partial charge in [0.15, 0.2) is 0 Å². The fraction of sp³-hybridized carbons (Fsp3) is 0.613. The highest BCUT2D eigenvalue weighted by Gasteiger charge is 2.52. The average Bonchev–Trinajstić information content (AvgIpc) is 3.03. The van der Waals surface area contributed by atoms with Crippen LogP contribution in [0.25, 0.3) is 0 Å². The van der Waals surface area contributed by atoms with Crippen molar-refractivity contribution in [1.82, 2.24) is 0 Å². The van der Waals surface area contributed by atoms with Gasteiger partial charge in [-0.1, -0.05) is 41.5 Å². The van der Waals surface area contributed by atoms with Crippen molar-refractivity contribution in [2.45, 2.75) is 83.0 Å². The Bertz CT molecular complexity index is 945. The lowest BCUT2D eigenvalue weighted by molar-refractivity contribution is 0.260. The molecule has 10 aliphatic carbocycles. The van der Waals surface area contributed by atoms with Crippen molar-refractivity contribution in [3.8, 4) is 0 Å². The first-order valence-electron chi connectivity index (χ1n) is 13.7. The van der Waals surface area contributed by atoms with Crippen molar-refractivity contribution < 1.29 is 0 Å². The Balaban J connectivity index is 1.49. The lowest BCUT2D eigenvalue weighted by atomic mass is 9.56. The fourth-order valence-electron chi connectivity index (χ4n) is 9.84. The Morgan fingerprint density at radius 3 is 1.16 bits per heavy atom. The van der Waals surface area contributed by atoms with Gasteiger partial charge in [0.25, 0.3) is 0 Å². The number of hydrogen-bond donors (Lipinski definition) is 0. The summed E-state index contributed by atoms with van der Waals surface area (Å²) >= 11 is 0. The minimum Gasteiger partial charge on any atom is -0.0622 e. The summed E-state index contributed by atoms with van der Waals surface area (Å²) in [5, 5.41) is 0. The molecule has 0 amide bonds. The predicted octanol–water partition coefficient (Wildman–Crippen LogP) is 8.13. The normalized spacial score (nSPS) is 42.5. The molecule has 0 saturated heterocycles. The molecule has 0 heteroatoms. The second-order valence-electron chi connectivity index (χ2n) is 12.1. The average molecular weight is 409 g/mol. The topological polar surface area (TPSA) is 0 Å². The third-order valence-corrected chi connectivity index (χ3v) is 10.9. The van der Waals surface area contributed by atoms with Gasteiger partial charge in [0.2, 0.25) is 0 Å². The van der Waals surface area contributed by atoms with E-state index in [1.807, 2.05) is 33.4 Å². The zero-order valence-corrected chi connectivity index (χ0v) is 18.9. The molecule has 0 spiro atoms. The first-order chi connectivity index (χ1) is 15.4. The number of fused-ring (bicyclic) bond motifs is 6. The highest BCUT2D eigenvalue weighted by Crippen LogP contribution is 2.66. The van der Waals surface area contributed by atoms with Gasteiger partial charge in [0.1, 0.15) is 0 Å². The molecule has 160 valence electrons. The molecular formula is C31H36. The van der Waals surface area contributed by atoms with Gasteiger partial charge < -0.3 is 0 Å². The molecule has 1 aromatic carbocycles. The van der Waals surface area contributed by atoms with E-state index in [9.17, 15) is 0 Å². The molecule has 0 aliphatic heterocycles. The molecule has 1 aromatic rings. The number of rotatable bonds is 1. The summed E-state index contributed by atoms with van der Waals surface area (Å²) < 4.78 is 0. The lowest BCUT2D eigenvalue weighted by Gasteiger charge is -2.48. The third kappa shape index (κ3) is 2.33. The molecule has 0 radical (unpaired) electrons. The van der Waals surface area contributed by atoms with Gasteiger partial charge in [0.05, 0.1) is 0 Å². The van der Waals surface area contributed by atoms with Gasteiger partial charge >= 0.3 is 0 Å². The Kier molecular flexibility index (Phi) is 3.75. The van der Waals surface area contributed by atoms with Crippen LogP contribution in [0.1, 0.15) is 88.5 Å². The van der Waals surface area contributed by atoms with Crippen molar-refractivity contribution in [3.63, 3.8) is 0 Å². The van der Waals surface area contributed by atoms with E-state index in [4.69, 9.17) is 0 Å². The van der Waals surface area contributed by atoms with Crippen LogP contribution in [0.2, 0.25) is 0 Å². The molecule has 3 saturated carbocycles. The van der Waals surface area contributed by atoms with Crippen molar-refractivity contribution in [2.75, 3.05) is 0 Å². The Labute approximate surface area is 187 Å². The fourth-order valence-corrected chi connectivity index (χ4v) is 9.84. The maximum Gasteiger partial charge on any atom is 0.0275 e. The van der Waals surface area contributed by atoms with Crippen LogP contribution in [0, 0.1) is 35.5 Å². The second kappa shape index (κ2) is 6.49. The predicted molar refractivity (Wildman–Crippen MR) is 127 cm³/mol. The smallest absolute Gasteiger partial charge is 0.0275 e. The standard InChI is InChI=1S/C31H36/c1-2-4-18(5-3-1)25-26-19-6-10-21(11-7-19)28(26)30-23-14-16-24(17-15-23)31(30)29-22-12-8-20(9-13-22)27(25)29/h1-5,19-25H,6-17H2. The summed E-state index contributed by atoms with van der Waals surface area (Å²) in [7, 11) is 0. The number of allylic oxidation sites excluding steroid dienone is 6. The summed E-state index contributed by atoms with van der Waals surface area (Å²) in [6.45, 7) is 0. The minimum absolute atomic E-state index is 0.623. The molecule has 6 bridgehead atoms. The van der Waals surface area contributed by atoms with Crippen LogP contribution in [0.15, 0.2) is 63.8 Å². The zero-order valence-electron chi connectivity index (χ0n) is 18.9. The van der Waals surface area contributed by atoms with Crippen molar-refractivity contribution in [1.29, 1.82) is 0 Å². The maximum atomic E-state index is 2.49. The quantitative estimate of drug-likeness (QED) is 0.440. The van der Waals surface area contributed by atoms with E-state index in [0.717, 1.165) is 35.5 Å². The van der Waals surface area contributed by atoms with E-state index in [2.05, 4.69) is 30.3 Å². The largest absolute Gasteiger partial charge is 0.0622 e. The van der Waals surface area contributed by atoms with Crippen LogP contribution in [0.3, 0.4) is 0 Å². The molecule has 11 rings (SSSR count). The summed E-state index contributed by atoms with van der Waals surface area (Å²) in [5.41, 5.74) is 13.5. The van der Waals surface area contributed by atoms with Gasteiger partial charge in [-0.3, -0.25) is 0 Å². The monoisotopic (exact) mass is 408 g/mol. The van der Waals surface area contributed by atoms with Crippen LogP contribution in [0.4, 0.5) is 0 Å². The highest BCUT2D eigenvalue weighted by atomic mass is 14.6. The molecule has 31 heavy (non-hydrogen) atoms. The van der Waals surface area contributed by atoms with E-state index < -0.39 is 0 Å². The second-order valence-corrected chi connectivity index (χ2v) is 12.1. The molecular weight excluding hydrogens is 372 g/mol. The third-order valence-electron chi connectivity index (χ3n) is 10.9. The number of benzene rings is 1. The Morgan fingerprint density at radius 1 is 0.387 bits per heavy atom. The number of hydrogen-bond acceptors (Lipinski definition) is 0. The maximum absolute atomic E-state index is 2.49. The Hall–Kier alpha value is -1.56. The van der Waals surface area contributed by atoms with Gasteiger partial charge in [-0.05, 0) is 140 Å². The summed E-state index contributed by atoms with van der Waals surface area (Å²) in [4.78, 5) is 0. The first kappa shape index (κ1) is 17.9. The highest BCUT2D eigenvalue weighted by molar-refractivity contribution is 5.64. The molecule has 10 aliphatic rings. The zero-order chi connectivity index (χ0) is 20.1. The SMILES string of the molecule is c1ccc(C2C3=C(C4=C(C5=C2C2CCC5CC2)C2CCC4CC2)C2CCC3CC2)cc1. The van der Waals surface area contributed by atoms with Crippen molar-refractivity contribution in [2.24, 2.45) is 35.5 Å². The van der Waals surface area contributed by atoms with E-state index in [-0.39, 0.29) is 0 Å². The van der Waals surface area contributed by atoms with Gasteiger partial charge in [-0.15, -0.1) is 0 Å². The van der Waals surface area contributed by atoms with E-state index in [1.165, 1.54) is 77.0 Å². The van der Waals surface area contributed by atoms with Crippen LogP contribution in [-0.4, -0.2) is 0 Å². The van der Waals surface area contributed by atoms with E-state index in [1.54, 1.807) is 5.56 Å². The summed E-state index contributed by atoms with van der Waals surface area (Å²) in [5.74, 6) is 5.92. The molecule has 0 N–H and O–H groups in total. The van der Waals surface area contributed by atoms with Crippen LogP contribution < -0.4 is 0 Å². The summed E-state index contributed by atoms with van der Waals surface area (Å²) in [6.07, 6.45) is 17.8. The lowest BCUT2D eigenvalue weighted by Crippen LogP contribution is -2.35. The molecule has 0 unspecified atom stereocenters. The minimum atomic E-state index is 0.623. The van der Waals surface area contributed by atoms with Gasteiger partial charge in [0, 0.05) is 5.92 Å². The molecule has 3 fully saturated rings. The van der Waals surface area contributed by atoms with Crippen LogP contribution >= 0.6 is 0 Å². The van der Waals surface area contributed by atoms with Crippen molar-refractivity contribution >= 4 is 0 Å². The Morgan fingerprint density at radius 2 is 0.742 bits per heavy atom. The van der Waals surface area contributed by atoms with Crippen molar-refractivity contribution in [3.05, 3.63) is 69.3 Å². The van der Waals surface area contributed by atoms with Gasteiger partial charge in [-0.2, -0.15) is 0 Å². The molecule has 0 atom stereocenters.